The first kappa shape index (κ1) is 13.3. The Labute approximate surface area is 120 Å². The van der Waals surface area contributed by atoms with E-state index in [1.54, 1.807) is 10.9 Å². The van der Waals surface area contributed by atoms with Crippen LogP contribution in [0.15, 0.2) is 54.9 Å². The highest BCUT2D eigenvalue weighted by Gasteiger charge is 2.07. The van der Waals surface area contributed by atoms with Crippen LogP contribution in [-0.4, -0.2) is 9.78 Å². The third-order valence-electron chi connectivity index (χ3n) is 3.23. The second-order valence-electron chi connectivity index (χ2n) is 4.76. The summed E-state index contributed by atoms with van der Waals surface area (Å²) in [6.45, 7) is 0.365. The van der Waals surface area contributed by atoms with Gasteiger partial charge < -0.3 is 5.73 Å². The van der Waals surface area contributed by atoms with E-state index in [1.165, 1.54) is 12.1 Å². The van der Waals surface area contributed by atoms with E-state index < -0.39 is 11.6 Å². The molecule has 5 heteroatoms. The number of rotatable bonds is 3. The predicted octanol–water partition coefficient (Wildman–Crippen LogP) is 3.46. The van der Waals surface area contributed by atoms with Gasteiger partial charge >= 0.3 is 0 Å². The van der Waals surface area contributed by atoms with Crippen LogP contribution in [0.2, 0.25) is 0 Å². The van der Waals surface area contributed by atoms with Crippen LogP contribution in [0.25, 0.3) is 11.1 Å². The number of nitrogens with two attached hydrogens (primary N) is 1. The minimum atomic E-state index is -0.854. The van der Waals surface area contributed by atoms with Gasteiger partial charge in [-0.2, -0.15) is 5.10 Å². The van der Waals surface area contributed by atoms with Gasteiger partial charge in [-0.25, -0.2) is 8.78 Å². The number of hydrogen-bond acceptors (Lipinski definition) is 2. The largest absolute Gasteiger partial charge is 0.398 e. The highest BCUT2D eigenvalue weighted by atomic mass is 19.2. The molecule has 0 amide bonds. The summed E-state index contributed by atoms with van der Waals surface area (Å²) >= 11 is 0. The standard InChI is InChI=1S/C16H13F2N3/c17-14-6-5-11(7-15(14)18)9-21-10-12(8-20-21)13-3-1-2-4-16(13)19/h1-8,10H,9,19H2. The number of nitrogen functional groups attached to an aromatic ring is 1. The average Bonchev–Trinajstić information content (AvgIpc) is 2.92. The summed E-state index contributed by atoms with van der Waals surface area (Å²) in [5.41, 5.74) is 9.02. The van der Waals surface area contributed by atoms with Crippen molar-refractivity contribution in [3.05, 3.63) is 72.1 Å². The van der Waals surface area contributed by atoms with Crippen molar-refractivity contribution < 1.29 is 8.78 Å². The van der Waals surface area contributed by atoms with Gasteiger partial charge in [-0.15, -0.1) is 0 Å². The molecule has 0 fully saturated rings. The lowest BCUT2D eigenvalue weighted by Gasteiger charge is -2.03. The highest BCUT2D eigenvalue weighted by Crippen LogP contribution is 2.24. The Morgan fingerprint density at radius 1 is 1.05 bits per heavy atom. The predicted molar refractivity (Wildman–Crippen MR) is 77.5 cm³/mol. The van der Waals surface area contributed by atoms with Crippen LogP contribution >= 0.6 is 0 Å². The molecule has 0 bridgehead atoms. The van der Waals surface area contributed by atoms with Crippen molar-refractivity contribution in [1.82, 2.24) is 9.78 Å². The second kappa shape index (κ2) is 5.36. The molecule has 0 aliphatic rings. The Morgan fingerprint density at radius 3 is 2.62 bits per heavy atom. The van der Waals surface area contributed by atoms with E-state index >= 15 is 0 Å². The summed E-state index contributed by atoms with van der Waals surface area (Å²) in [6, 6.07) is 11.3. The topological polar surface area (TPSA) is 43.8 Å². The molecule has 0 saturated carbocycles. The molecule has 106 valence electrons. The number of nitrogens with zero attached hydrogens (tertiary/aromatic N) is 2. The van der Waals surface area contributed by atoms with Crippen molar-refractivity contribution in [2.45, 2.75) is 6.54 Å². The van der Waals surface area contributed by atoms with Gasteiger partial charge in [0.25, 0.3) is 0 Å². The maximum atomic E-state index is 13.2. The van der Waals surface area contributed by atoms with Crippen molar-refractivity contribution in [1.29, 1.82) is 0 Å². The van der Waals surface area contributed by atoms with Crippen LogP contribution in [0.3, 0.4) is 0 Å². The van der Waals surface area contributed by atoms with Crippen LogP contribution in [0.5, 0.6) is 0 Å². The maximum Gasteiger partial charge on any atom is 0.159 e. The summed E-state index contributed by atoms with van der Waals surface area (Å²) < 4.78 is 27.7. The molecule has 1 aromatic heterocycles. The number of halogens is 2. The van der Waals surface area contributed by atoms with Gasteiger partial charge in [-0.05, 0) is 23.8 Å². The number of aromatic nitrogens is 2. The maximum absolute atomic E-state index is 13.2. The SMILES string of the molecule is Nc1ccccc1-c1cnn(Cc2ccc(F)c(F)c2)c1. The Bertz CT molecular complexity index is 781. The van der Waals surface area contributed by atoms with Crippen molar-refractivity contribution in [3.8, 4) is 11.1 Å². The molecule has 0 aliphatic carbocycles. The average molecular weight is 285 g/mol. The Hall–Kier alpha value is -2.69. The van der Waals surface area contributed by atoms with Gasteiger partial charge in [-0.1, -0.05) is 24.3 Å². The van der Waals surface area contributed by atoms with Gasteiger partial charge in [0.2, 0.25) is 0 Å². The van der Waals surface area contributed by atoms with E-state index in [2.05, 4.69) is 5.10 Å². The van der Waals surface area contributed by atoms with E-state index in [1.807, 2.05) is 30.5 Å². The van der Waals surface area contributed by atoms with Crippen LogP contribution in [0.1, 0.15) is 5.56 Å². The molecule has 0 saturated heterocycles. The molecule has 3 aromatic rings. The lowest BCUT2D eigenvalue weighted by atomic mass is 10.1. The molecule has 2 N–H and O–H groups in total. The van der Waals surface area contributed by atoms with Crippen molar-refractivity contribution in [2.24, 2.45) is 0 Å². The van der Waals surface area contributed by atoms with Crippen LogP contribution < -0.4 is 5.73 Å². The lowest BCUT2D eigenvalue weighted by molar-refractivity contribution is 0.506. The molecule has 0 aliphatic heterocycles. The van der Waals surface area contributed by atoms with Crippen molar-refractivity contribution >= 4 is 5.69 Å². The molecular formula is C16H13F2N3. The van der Waals surface area contributed by atoms with E-state index in [0.717, 1.165) is 17.2 Å². The zero-order valence-electron chi connectivity index (χ0n) is 11.1. The quantitative estimate of drug-likeness (QED) is 0.749. The van der Waals surface area contributed by atoms with E-state index in [4.69, 9.17) is 5.73 Å². The fourth-order valence-electron chi connectivity index (χ4n) is 2.17. The molecule has 2 aromatic carbocycles. The van der Waals surface area contributed by atoms with E-state index in [-0.39, 0.29) is 0 Å². The molecule has 0 atom stereocenters. The molecule has 1 heterocycles. The van der Waals surface area contributed by atoms with Gasteiger partial charge in [0.05, 0.1) is 12.7 Å². The molecule has 0 radical (unpaired) electrons. The zero-order valence-corrected chi connectivity index (χ0v) is 11.1. The van der Waals surface area contributed by atoms with E-state index in [0.29, 0.717) is 17.8 Å². The monoisotopic (exact) mass is 285 g/mol. The van der Waals surface area contributed by atoms with Gasteiger partial charge in [0.1, 0.15) is 0 Å². The Balaban J connectivity index is 1.85. The summed E-state index contributed by atoms with van der Waals surface area (Å²) in [6.07, 6.45) is 3.53. The Morgan fingerprint density at radius 2 is 1.86 bits per heavy atom. The van der Waals surface area contributed by atoms with Crippen LogP contribution in [0.4, 0.5) is 14.5 Å². The lowest BCUT2D eigenvalue weighted by Crippen LogP contribution is -2.00. The van der Waals surface area contributed by atoms with Crippen molar-refractivity contribution in [3.63, 3.8) is 0 Å². The molecule has 3 rings (SSSR count). The normalized spacial score (nSPS) is 10.8. The van der Waals surface area contributed by atoms with E-state index in [9.17, 15) is 8.78 Å². The van der Waals surface area contributed by atoms with Gasteiger partial charge in [0, 0.05) is 23.0 Å². The third-order valence-corrected chi connectivity index (χ3v) is 3.23. The van der Waals surface area contributed by atoms with Crippen molar-refractivity contribution in [2.75, 3.05) is 5.73 Å². The third kappa shape index (κ3) is 2.76. The summed E-state index contributed by atoms with van der Waals surface area (Å²) in [4.78, 5) is 0. The minimum absolute atomic E-state index is 0.365. The molecule has 21 heavy (non-hydrogen) atoms. The fraction of sp³-hybridized carbons (Fsp3) is 0.0625. The molecule has 0 unspecified atom stereocenters. The second-order valence-corrected chi connectivity index (χ2v) is 4.76. The Kier molecular flexibility index (Phi) is 3.39. The first-order chi connectivity index (χ1) is 10.1. The first-order valence-electron chi connectivity index (χ1n) is 6.45. The summed E-state index contributed by atoms with van der Waals surface area (Å²) in [5.74, 6) is -1.70. The number of para-hydroxylation sites is 1. The number of hydrogen-bond donors (Lipinski definition) is 1. The van der Waals surface area contributed by atoms with Gasteiger partial charge in [0.15, 0.2) is 11.6 Å². The van der Waals surface area contributed by atoms with Crippen LogP contribution in [-0.2, 0) is 6.54 Å². The summed E-state index contributed by atoms with van der Waals surface area (Å²) in [7, 11) is 0. The minimum Gasteiger partial charge on any atom is -0.398 e. The fourth-order valence-corrected chi connectivity index (χ4v) is 2.17. The van der Waals surface area contributed by atoms with Crippen LogP contribution in [0, 0.1) is 11.6 Å². The smallest absolute Gasteiger partial charge is 0.159 e. The number of benzene rings is 2. The first-order valence-corrected chi connectivity index (χ1v) is 6.45. The molecule has 3 nitrogen and oxygen atoms in total. The summed E-state index contributed by atoms with van der Waals surface area (Å²) in [5, 5.41) is 4.23. The van der Waals surface area contributed by atoms with Gasteiger partial charge in [-0.3, -0.25) is 4.68 Å². The number of anilines is 1. The molecular weight excluding hydrogens is 272 g/mol. The highest BCUT2D eigenvalue weighted by molar-refractivity contribution is 5.75. The molecule has 0 spiro atoms. The zero-order chi connectivity index (χ0) is 14.8.